The number of halogens is 1. The van der Waals surface area contributed by atoms with E-state index in [4.69, 9.17) is 16.3 Å². The van der Waals surface area contributed by atoms with Crippen molar-refractivity contribution in [1.29, 1.82) is 0 Å². The third-order valence-electron chi connectivity index (χ3n) is 3.92. The van der Waals surface area contributed by atoms with Gasteiger partial charge in [0.25, 0.3) is 5.69 Å². The summed E-state index contributed by atoms with van der Waals surface area (Å²) in [7, 11) is 0. The van der Waals surface area contributed by atoms with Crippen LogP contribution in [0.15, 0.2) is 12.1 Å². The molecule has 2 bridgehead atoms. The van der Waals surface area contributed by atoms with Crippen LogP contribution in [0.25, 0.3) is 0 Å². The van der Waals surface area contributed by atoms with Crippen LogP contribution in [0.1, 0.15) is 24.8 Å². The van der Waals surface area contributed by atoms with Crippen LogP contribution in [0.2, 0.25) is 5.02 Å². The molecule has 0 aliphatic carbocycles. The molecule has 0 aromatic heterocycles. The monoisotopic (exact) mass is 282 g/mol. The quantitative estimate of drug-likeness (QED) is 0.682. The molecule has 2 unspecified atom stereocenters. The van der Waals surface area contributed by atoms with E-state index >= 15 is 0 Å². The third kappa shape index (κ3) is 2.28. The number of nitrogens with one attached hydrogen (secondary N) is 1. The van der Waals surface area contributed by atoms with E-state index < -0.39 is 4.92 Å². The van der Waals surface area contributed by atoms with E-state index in [0.29, 0.717) is 11.1 Å². The van der Waals surface area contributed by atoms with Crippen LogP contribution < -0.4 is 5.32 Å². The smallest absolute Gasteiger partial charge is 0.271 e. The van der Waals surface area contributed by atoms with Gasteiger partial charge in [0.2, 0.25) is 0 Å². The van der Waals surface area contributed by atoms with Crippen LogP contribution >= 0.6 is 11.6 Å². The zero-order valence-electron chi connectivity index (χ0n) is 10.6. The van der Waals surface area contributed by atoms with E-state index in [2.05, 4.69) is 5.32 Å². The molecule has 1 aromatic rings. The second-order valence-electron chi connectivity index (χ2n) is 5.24. The van der Waals surface area contributed by atoms with Gasteiger partial charge in [-0.2, -0.15) is 0 Å². The number of non-ortho nitro benzene ring substituents is 1. The lowest BCUT2D eigenvalue weighted by Crippen LogP contribution is -2.30. The van der Waals surface area contributed by atoms with Gasteiger partial charge in [-0.1, -0.05) is 11.6 Å². The molecule has 1 N–H and O–H groups in total. The zero-order chi connectivity index (χ0) is 13.6. The maximum atomic E-state index is 10.8. The second-order valence-corrected chi connectivity index (χ2v) is 5.64. The molecule has 2 fully saturated rings. The number of nitro benzene ring substituents is 1. The maximum Gasteiger partial charge on any atom is 0.271 e. The average Bonchev–Trinajstić information content (AvgIpc) is 2.95. The summed E-state index contributed by atoms with van der Waals surface area (Å²) < 4.78 is 5.78. The summed E-state index contributed by atoms with van der Waals surface area (Å²) in [5, 5.41) is 14.6. The van der Waals surface area contributed by atoms with Gasteiger partial charge in [-0.25, -0.2) is 0 Å². The topological polar surface area (TPSA) is 64.4 Å². The Morgan fingerprint density at radius 2 is 2.26 bits per heavy atom. The molecule has 2 heterocycles. The first-order valence-electron chi connectivity index (χ1n) is 6.41. The normalized spacial score (nSPS) is 28.6. The number of nitro groups is 1. The molecule has 2 aliphatic heterocycles. The molecule has 19 heavy (non-hydrogen) atoms. The molecule has 0 radical (unpaired) electrons. The number of benzene rings is 1. The summed E-state index contributed by atoms with van der Waals surface area (Å²) in [6, 6.07) is 3.20. The first kappa shape index (κ1) is 12.7. The van der Waals surface area contributed by atoms with Gasteiger partial charge in [0, 0.05) is 12.1 Å². The molecule has 3 rings (SSSR count). The van der Waals surface area contributed by atoms with Crippen molar-refractivity contribution in [3.8, 4) is 0 Å². The van der Waals surface area contributed by atoms with E-state index in [1.165, 1.54) is 6.07 Å². The largest absolute Gasteiger partial charge is 0.378 e. The maximum absolute atomic E-state index is 10.8. The Kier molecular flexibility index (Phi) is 3.11. The lowest BCUT2D eigenvalue weighted by molar-refractivity contribution is -0.384. The molecule has 0 amide bonds. The number of hydrogen-bond acceptors (Lipinski definition) is 4. The molecule has 102 valence electrons. The summed E-state index contributed by atoms with van der Waals surface area (Å²) in [6.07, 6.45) is 3.80. The Morgan fingerprint density at radius 3 is 2.79 bits per heavy atom. The van der Waals surface area contributed by atoms with Crippen molar-refractivity contribution >= 4 is 23.0 Å². The van der Waals surface area contributed by atoms with E-state index in [1.54, 1.807) is 6.07 Å². The lowest BCUT2D eigenvalue weighted by atomic mass is 9.95. The summed E-state index contributed by atoms with van der Waals surface area (Å²) in [5.41, 5.74) is 1.60. The lowest BCUT2D eigenvalue weighted by Gasteiger charge is -2.23. The van der Waals surface area contributed by atoms with Crippen LogP contribution in [0.3, 0.4) is 0 Å². The van der Waals surface area contributed by atoms with Crippen LogP contribution in [-0.2, 0) is 4.74 Å². The van der Waals surface area contributed by atoms with Crippen molar-refractivity contribution in [3.63, 3.8) is 0 Å². The minimum Gasteiger partial charge on any atom is -0.378 e. The van der Waals surface area contributed by atoms with Crippen molar-refractivity contribution < 1.29 is 9.66 Å². The van der Waals surface area contributed by atoms with Gasteiger partial charge in [-0.05, 0) is 31.7 Å². The summed E-state index contributed by atoms with van der Waals surface area (Å²) in [5.74, 6) is 0. The van der Waals surface area contributed by atoms with E-state index in [-0.39, 0.29) is 17.8 Å². The first-order valence-corrected chi connectivity index (χ1v) is 6.79. The molecule has 3 atom stereocenters. The summed E-state index contributed by atoms with van der Waals surface area (Å²) >= 11 is 6.15. The molecule has 1 aromatic carbocycles. The van der Waals surface area contributed by atoms with Crippen LogP contribution in [0.4, 0.5) is 11.4 Å². The van der Waals surface area contributed by atoms with Crippen molar-refractivity contribution in [2.75, 3.05) is 5.32 Å². The number of anilines is 1. The molecule has 0 spiro atoms. The van der Waals surface area contributed by atoms with Gasteiger partial charge in [0.05, 0.1) is 33.9 Å². The number of nitrogens with zero attached hydrogens (tertiary/aromatic N) is 1. The molecule has 6 heteroatoms. The minimum absolute atomic E-state index is 0.0252. The number of rotatable bonds is 3. The molecule has 0 saturated carbocycles. The summed E-state index contributed by atoms with van der Waals surface area (Å²) in [6.45, 7) is 1.83. The minimum atomic E-state index is -0.427. The van der Waals surface area contributed by atoms with Gasteiger partial charge in [-0.15, -0.1) is 0 Å². The van der Waals surface area contributed by atoms with Crippen LogP contribution in [-0.4, -0.2) is 23.2 Å². The van der Waals surface area contributed by atoms with E-state index in [0.717, 1.165) is 30.5 Å². The first-order chi connectivity index (χ1) is 9.04. The Morgan fingerprint density at radius 1 is 1.47 bits per heavy atom. The molecular formula is C13H15ClN2O3. The van der Waals surface area contributed by atoms with Gasteiger partial charge in [-0.3, -0.25) is 10.1 Å². The fourth-order valence-corrected chi connectivity index (χ4v) is 3.30. The van der Waals surface area contributed by atoms with E-state index in [1.807, 2.05) is 6.92 Å². The molecule has 2 saturated heterocycles. The van der Waals surface area contributed by atoms with Gasteiger partial charge < -0.3 is 10.1 Å². The standard InChI is InChI=1S/C13H15ClN2O3/c1-7-4-8(16(17)18)5-10(14)13(7)15-11-6-9-2-3-12(11)19-9/h4-5,9,11-12,15H,2-3,6H2,1H3/t9?,11-,12?/m0/s1. The third-order valence-corrected chi connectivity index (χ3v) is 4.22. The van der Waals surface area contributed by atoms with Gasteiger partial charge in [0.15, 0.2) is 0 Å². The number of fused-ring (bicyclic) bond motifs is 2. The predicted octanol–water partition coefficient (Wildman–Crippen LogP) is 3.29. The summed E-state index contributed by atoms with van der Waals surface area (Å²) in [4.78, 5) is 10.3. The predicted molar refractivity (Wildman–Crippen MR) is 72.8 cm³/mol. The van der Waals surface area contributed by atoms with Crippen LogP contribution in [0.5, 0.6) is 0 Å². The van der Waals surface area contributed by atoms with Crippen molar-refractivity contribution in [3.05, 3.63) is 32.8 Å². The fourth-order valence-electron chi connectivity index (χ4n) is 2.99. The fraction of sp³-hybridized carbons (Fsp3) is 0.538. The molecule has 5 nitrogen and oxygen atoms in total. The molecule has 2 aliphatic rings. The highest BCUT2D eigenvalue weighted by atomic mass is 35.5. The molecular weight excluding hydrogens is 268 g/mol. The SMILES string of the molecule is Cc1cc([N+](=O)[O-])cc(Cl)c1N[C@H]1CC2CCC1O2. The second kappa shape index (κ2) is 4.65. The van der Waals surface area contributed by atoms with E-state index in [9.17, 15) is 10.1 Å². The zero-order valence-corrected chi connectivity index (χ0v) is 11.3. The average molecular weight is 283 g/mol. The van der Waals surface area contributed by atoms with Crippen molar-refractivity contribution in [1.82, 2.24) is 0 Å². The van der Waals surface area contributed by atoms with Crippen LogP contribution in [0, 0.1) is 17.0 Å². The van der Waals surface area contributed by atoms with Crippen molar-refractivity contribution in [2.45, 2.75) is 44.4 Å². The Bertz CT molecular complexity index is 512. The highest BCUT2D eigenvalue weighted by Gasteiger charge is 2.41. The Labute approximate surface area is 116 Å². The Balaban J connectivity index is 1.83. The Hall–Kier alpha value is -1.33. The van der Waals surface area contributed by atoms with Gasteiger partial charge in [0.1, 0.15) is 0 Å². The number of ether oxygens (including phenoxy) is 1. The number of aryl methyl sites for hydroxylation is 1. The van der Waals surface area contributed by atoms with Crippen molar-refractivity contribution in [2.24, 2.45) is 0 Å². The van der Waals surface area contributed by atoms with Gasteiger partial charge >= 0.3 is 0 Å². The highest BCUT2D eigenvalue weighted by molar-refractivity contribution is 6.33. The number of hydrogen-bond donors (Lipinski definition) is 1. The highest BCUT2D eigenvalue weighted by Crippen LogP contribution is 2.38.